The summed E-state index contributed by atoms with van der Waals surface area (Å²) in [4.78, 5) is 28.4. The third-order valence-corrected chi connectivity index (χ3v) is 5.70. The monoisotopic (exact) mass is 437 g/mol. The maximum atomic E-state index is 12.9. The first kappa shape index (κ1) is 19.3. The SMILES string of the molecule is CCN1C(=O)N(Cc2nc3nc(Cl)ccc3[nH]2)CC1Cc1ccc(Cl)cc1Cl. The number of benzene rings is 1. The van der Waals surface area contributed by atoms with E-state index >= 15 is 0 Å². The number of fused-ring (bicyclic) bond motifs is 1. The van der Waals surface area contributed by atoms with E-state index in [1.165, 1.54) is 0 Å². The van der Waals surface area contributed by atoms with Gasteiger partial charge in [0.25, 0.3) is 0 Å². The predicted molar refractivity (Wildman–Crippen MR) is 111 cm³/mol. The van der Waals surface area contributed by atoms with Gasteiger partial charge < -0.3 is 14.8 Å². The van der Waals surface area contributed by atoms with Gasteiger partial charge in [0.05, 0.1) is 18.1 Å². The first-order chi connectivity index (χ1) is 13.4. The minimum atomic E-state index is -0.0102. The lowest BCUT2D eigenvalue weighted by Gasteiger charge is -2.21. The van der Waals surface area contributed by atoms with E-state index in [0.717, 1.165) is 11.1 Å². The van der Waals surface area contributed by atoms with Gasteiger partial charge in [-0.3, -0.25) is 0 Å². The van der Waals surface area contributed by atoms with Crippen molar-refractivity contribution in [1.82, 2.24) is 24.8 Å². The standard InChI is InChI=1S/C19H18Cl3N5O/c1-2-27-13(7-11-3-4-12(20)8-14(11)21)9-26(19(27)28)10-17-23-15-5-6-16(22)24-18(15)25-17/h3-6,8,13H,2,7,9-10H2,1H3,(H,23,24,25). The molecule has 1 saturated heterocycles. The molecule has 2 amide bonds. The zero-order valence-corrected chi connectivity index (χ0v) is 17.4. The number of aromatic nitrogens is 3. The summed E-state index contributed by atoms with van der Waals surface area (Å²) >= 11 is 18.2. The second-order valence-electron chi connectivity index (χ2n) is 6.73. The molecule has 1 aliphatic rings. The molecule has 0 aliphatic carbocycles. The fourth-order valence-electron chi connectivity index (χ4n) is 3.59. The van der Waals surface area contributed by atoms with Crippen molar-refractivity contribution in [3.8, 4) is 0 Å². The molecule has 1 fully saturated rings. The van der Waals surface area contributed by atoms with Crippen molar-refractivity contribution >= 4 is 52.0 Å². The van der Waals surface area contributed by atoms with Crippen LogP contribution in [0.25, 0.3) is 11.2 Å². The Morgan fingerprint density at radius 1 is 1.18 bits per heavy atom. The van der Waals surface area contributed by atoms with Gasteiger partial charge in [0.1, 0.15) is 11.0 Å². The molecular formula is C19H18Cl3N5O. The Hall–Kier alpha value is -2.02. The third kappa shape index (κ3) is 3.77. The van der Waals surface area contributed by atoms with Crippen LogP contribution in [0.4, 0.5) is 4.79 Å². The lowest BCUT2D eigenvalue weighted by atomic mass is 10.1. The highest BCUT2D eigenvalue weighted by Gasteiger charge is 2.36. The van der Waals surface area contributed by atoms with Crippen LogP contribution in [0.2, 0.25) is 15.2 Å². The third-order valence-electron chi connectivity index (χ3n) is 4.90. The van der Waals surface area contributed by atoms with E-state index in [2.05, 4.69) is 15.0 Å². The lowest BCUT2D eigenvalue weighted by Crippen LogP contribution is -2.35. The quantitative estimate of drug-likeness (QED) is 0.583. The number of H-pyrrole nitrogens is 1. The van der Waals surface area contributed by atoms with Crippen LogP contribution in [0.5, 0.6) is 0 Å². The molecule has 1 unspecified atom stereocenters. The van der Waals surface area contributed by atoms with Crippen molar-refractivity contribution in [2.75, 3.05) is 13.1 Å². The highest BCUT2D eigenvalue weighted by atomic mass is 35.5. The smallest absolute Gasteiger partial charge is 0.320 e. The molecule has 3 heterocycles. The number of nitrogens with zero attached hydrogens (tertiary/aromatic N) is 4. The van der Waals surface area contributed by atoms with Crippen LogP contribution in [-0.2, 0) is 13.0 Å². The lowest BCUT2D eigenvalue weighted by molar-refractivity contribution is 0.186. The Balaban J connectivity index is 1.52. The molecule has 0 spiro atoms. The first-order valence-electron chi connectivity index (χ1n) is 8.95. The number of urea groups is 1. The van der Waals surface area contributed by atoms with E-state index in [4.69, 9.17) is 34.8 Å². The fourth-order valence-corrected chi connectivity index (χ4v) is 4.21. The minimum absolute atomic E-state index is 0.0102. The Morgan fingerprint density at radius 3 is 2.75 bits per heavy atom. The number of likely N-dealkylation sites (N-methyl/N-ethyl adjacent to an activating group) is 1. The van der Waals surface area contributed by atoms with Gasteiger partial charge in [-0.05, 0) is 43.2 Å². The van der Waals surface area contributed by atoms with Crippen molar-refractivity contribution in [2.45, 2.75) is 25.9 Å². The van der Waals surface area contributed by atoms with Gasteiger partial charge >= 0.3 is 6.03 Å². The van der Waals surface area contributed by atoms with Crippen molar-refractivity contribution in [2.24, 2.45) is 0 Å². The van der Waals surface area contributed by atoms with Gasteiger partial charge in [-0.15, -0.1) is 0 Å². The second-order valence-corrected chi connectivity index (χ2v) is 7.96. The molecule has 3 aromatic rings. The maximum Gasteiger partial charge on any atom is 0.320 e. The van der Waals surface area contributed by atoms with E-state index in [1.807, 2.05) is 30.0 Å². The highest BCUT2D eigenvalue weighted by molar-refractivity contribution is 6.35. The van der Waals surface area contributed by atoms with Crippen LogP contribution in [0.1, 0.15) is 18.3 Å². The summed E-state index contributed by atoms with van der Waals surface area (Å²) in [5, 5.41) is 1.61. The van der Waals surface area contributed by atoms with Crippen LogP contribution >= 0.6 is 34.8 Å². The number of carbonyl (C=O) groups is 1. The average molecular weight is 439 g/mol. The van der Waals surface area contributed by atoms with Gasteiger partial charge in [-0.25, -0.2) is 14.8 Å². The van der Waals surface area contributed by atoms with Crippen LogP contribution in [-0.4, -0.2) is 49.9 Å². The van der Waals surface area contributed by atoms with Gasteiger partial charge in [0.2, 0.25) is 0 Å². The number of pyridine rings is 1. The number of halogens is 3. The van der Waals surface area contributed by atoms with E-state index < -0.39 is 0 Å². The normalized spacial score (nSPS) is 17.1. The van der Waals surface area contributed by atoms with Crippen LogP contribution in [0.15, 0.2) is 30.3 Å². The fraction of sp³-hybridized carbons (Fsp3) is 0.316. The number of amides is 2. The van der Waals surface area contributed by atoms with Crippen molar-refractivity contribution < 1.29 is 4.79 Å². The molecule has 2 aromatic heterocycles. The summed E-state index contributed by atoms with van der Waals surface area (Å²) < 4.78 is 0. The molecule has 1 atom stereocenters. The number of imidazole rings is 1. The molecule has 0 bridgehead atoms. The van der Waals surface area contributed by atoms with Crippen molar-refractivity contribution in [3.05, 3.63) is 56.9 Å². The molecule has 0 radical (unpaired) electrons. The Morgan fingerprint density at radius 2 is 2.00 bits per heavy atom. The van der Waals surface area contributed by atoms with E-state index in [-0.39, 0.29) is 12.1 Å². The topological polar surface area (TPSA) is 65.1 Å². The summed E-state index contributed by atoms with van der Waals surface area (Å²) in [5.41, 5.74) is 2.32. The van der Waals surface area contributed by atoms with E-state index in [9.17, 15) is 4.79 Å². The van der Waals surface area contributed by atoms with Crippen LogP contribution in [0.3, 0.4) is 0 Å². The molecular weight excluding hydrogens is 421 g/mol. The number of aromatic amines is 1. The van der Waals surface area contributed by atoms with Crippen molar-refractivity contribution in [1.29, 1.82) is 0 Å². The van der Waals surface area contributed by atoms with E-state index in [0.29, 0.717) is 52.7 Å². The number of hydrogen-bond donors (Lipinski definition) is 1. The molecule has 6 nitrogen and oxygen atoms in total. The molecule has 28 heavy (non-hydrogen) atoms. The number of carbonyl (C=O) groups excluding carboxylic acids is 1. The molecule has 0 saturated carbocycles. The molecule has 4 rings (SSSR count). The average Bonchev–Trinajstić information content (AvgIpc) is 3.17. The van der Waals surface area contributed by atoms with Gasteiger partial charge in [0.15, 0.2) is 5.65 Å². The molecule has 1 aliphatic heterocycles. The van der Waals surface area contributed by atoms with Gasteiger partial charge in [0, 0.05) is 23.1 Å². The largest absolute Gasteiger partial charge is 0.339 e. The Bertz CT molecular complexity index is 1040. The zero-order valence-electron chi connectivity index (χ0n) is 15.1. The molecule has 1 aromatic carbocycles. The maximum absolute atomic E-state index is 12.9. The van der Waals surface area contributed by atoms with E-state index in [1.54, 1.807) is 17.0 Å². The number of hydrogen-bond acceptors (Lipinski definition) is 3. The molecule has 1 N–H and O–H groups in total. The second kappa shape index (κ2) is 7.78. The van der Waals surface area contributed by atoms with Gasteiger partial charge in [-0.1, -0.05) is 40.9 Å². The highest BCUT2D eigenvalue weighted by Crippen LogP contribution is 2.27. The van der Waals surface area contributed by atoms with Gasteiger partial charge in [-0.2, -0.15) is 0 Å². The summed E-state index contributed by atoms with van der Waals surface area (Å²) in [6.07, 6.45) is 0.670. The number of rotatable bonds is 5. The summed E-state index contributed by atoms with van der Waals surface area (Å²) in [6.45, 7) is 3.58. The van der Waals surface area contributed by atoms with Crippen LogP contribution < -0.4 is 0 Å². The van der Waals surface area contributed by atoms with Crippen LogP contribution in [0, 0.1) is 0 Å². The zero-order chi connectivity index (χ0) is 19.8. The Kier molecular flexibility index (Phi) is 5.36. The summed E-state index contributed by atoms with van der Waals surface area (Å²) in [5.74, 6) is 0.680. The molecule has 9 heteroatoms. The summed E-state index contributed by atoms with van der Waals surface area (Å²) in [6, 6.07) is 9.03. The molecule has 146 valence electrons. The van der Waals surface area contributed by atoms with Crippen molar-refractivity contribution in [3.63, 3.8) is 0 Å². The number of nitrogens with one attached hydrogen (secondary N) is 1. The minimum Gasteiger partial charge on any atom is -0.339 e. The Labute approximate surface area is 177 Å². The first-order valence-corrected chi connectivity index (χ1v) is 10.1. The summed E-state index contributed by atoms with van der Waals surface area (Å²) in [7, 11) is 0. The predicted octanol–water partition coefficient (Wildman–Crippen LogP) is 4.79.